The summed E-state index contributed by atoms with van der Waals surface area (Å²) >= 11 is 0. The summed E-state index contributed by atoms with van der Waals surface area (Å²) in [4.78, 5) is 14.3. The van der Waals surface area contributed by atoms with Crippen LogP contribution in [0.25, 0.3) is 0 Å². The summed E-state index contributed by atoms with van der Waals surface area (Å²) < 4.78 is 0. The fourth-order valence-corrected chi connectivity index (χ4v) is 2.81. The van der Waals surface area contributed by atoms with Crippen LogP contribution in [0.2, 0.25) is 0 Å². The normalized spacial score (nSPS) is 22.2. The molecule has 0 spiro atoms. The minimum Gasteiger partial charge on any atom is -0.337 e. The Morgan fingerprint density at radius 3 is 2.60 bits per heavy atom. The molecule has 1 saturated heterocycles. The lowest BCUT2D eigenvalue weighted by Crippen LogP contribution is -2.52. The number of nitrogens with zero attached hydrogens (tertiary/aromatic N) is 1. The maximum Gasteiger partial charge on any atom is 0.227 e. The highest BCUT2D eigenvalue weighted by atomic mass is 35.5. The van der Waals surface area contributed by atoms with Crippen molar-refractivity contribution < 1.29 is 4.79 Å². The van der Waals surface area contributed by atoms with Crippen LogP contribution in [0, 0.1) is 0 Å². The van der Waals surface area contributed by atoms with E-state index in [9.17, 15) is 4.79 Å². The number of carbonyl (C=O) groups excluding carboxylic acids is 1. The van der Waals surface area contributed by atoms with E-state index in [1.165, 1.54) is 18.4 Å². The van der Waals surface area contributed by atoms with Crippen molar-refractivity contribution in [3.8, 4) is 0 Å². The van der Waals surface area contributed by atoms with Gasteiger partial charge >= 0.3 is 0 Å². The Hall–Kier alpha value is -1.06. The van der Waals surface area contributed by atoms with Crippen molar-refractivity contribution in [3.63, 3.8) is 0 Å². The fourth-order valence-electron chi connectivity index (χ4n) is 2.81. The smallest absolute Gasteiger partial charge is 0.227 e. The van der Waals surface area contributed by atoms with E-state index in [1.807, 2.05) is 4.90 Å². The van der Waals surface area contributed by atoms with Gasteiger partial charge in [0.15, 0.2) is 0 Å². The predicted octanol–water partition coefficient (Wildman–Crippen LogP) is 2.35. The number of benzene rings is 1. The molecule has 0 unspecified atom stereocenters. The van der Waals surface area contributed by atoms with Gasteiger partial charge in [-0.25, -0.2) is 0 Å². The minimum absolute atomic E-state index is 0. The van der Waals surface area contributed by atoms with Gasteiger partial charge < -0.3 is 10.2 Å². The van der Waals surface area contributed by atoms with Gasteiger partial charge in [-0.2, -0.15) is 0 Å². The predicted molar refractivity (Wildman–Crippen MR) is 83.4 cm³/mol. The summed E-state index contributed by atoms with van der Waals surface area (Å²) in [7, 11) is 0. The number of hydrogen-bond donors (Lipinski definition) is 1. The molecule has 1 aromatic rings. The molecule has 0 bridgehead atoms. The molecule has 1 heterocycles. The molecule has 110 valence electrons. The Balaban J connectivity index is 0.00000147. The molecular formula is C16H23ClN2O. The Bertz CT molecular complexity index is 456. The zero-order chi connectivity index (χ0) is 13.2. The monoisotopic (exact) mass is 294 g/mol. The van der Waals surface area contributed by atoms with Crippen molar-refractivity contribution in [2.45, 2.75) is 38.1 Å². The molecule has 1 aliphatic carbocycles. The number of rotatable bonds is 3. The highest BCUT2D eigenvalue weighted by Gasteiger charge is 2.24. The second-order valence-electron chi connectivity index (χ2n) is 5.83. The molecular weight excluding hydrogens is 272 g/mol. The van der Waals surface area contributed by atoms with Crippen molar-refractivity contribution in [3.05, 3.63) is 35.4 Å². The van der Waals surface area contributed by atoms with E-state index in [2.05, 4.69) is 36.5 Å². The van der Waals surface area contributed by atoms with E-state index in [4.69, 9.17) is 0 Å². The van der Waals surface area contributed by atoms with Crippen molar-refractivity contribution >= 4 is 18.3 Å². The minimum atomic E-state index is 0. The first-order valence-electron chi connectivity index (χ1n) is 7.33. The lowest BCUT2D eigenvalue weighted by Gasteiger charge is -2.34. The van der Waals surface area contributed by atoms with Gasteiger partial charge in [-0.3, -0.25) is 4.79 Å². The molecule has 2 aliphatic rings. The van der Waals surface area contributed by atoms with E-state index in [-0.39, 0.29) is 18.3 Å². The first-order valence-corrected chi connectivity index (χ1v) is 7.33. The molecule has 3 nitrogen and oxygen atoms in total. The van der Waals surface area contributed by atoms with Gasteiger partial charge in [0, 0.05) is 25.7 Å². The molecule has 2 fully saturated rings. The maximum absolute atomic E-state index is 12.3. The van der Waals surface area contributed by atoms with E-state index < -0.39 is 0 Å². The number of nitrogens with one attached hydrogen (secondary N) is 1. The number of halogens is 1. The summed E-state index contributed by atoms with van der Waals surface area (Å²) in [5.41, 5.74) is 2.58. The molecule has 0 aromatic heterocycles. The SMILES string of the molecule is C[C@H]1CNCCN1C(=O)Cc1ccc(C2CC2)cc1.Cl. The number of carbonyl (C=O) groups is 1. The molecule has 4 heteroatoms. The van der Waals surface area contributed by atoms with Gasteiger partial charge in [-0.05, 0) is 36.8 Å². The maximum atomic E-state index is 12.3. The van der Waals surface area contributed by atoms with Crippen LogP contribution in [0.15, 0.2) is 24.3 Å². The molecule has 20 heavy (non-hydrogen) atoms. The number of amides is 1. The van der Waals surface area contributed by atoms with Crippen LogP contribution in [0.5, 0.6) is 0 Å². The summed E-state index contributed by atoms with van der Waals surface area (Å²) in [6.07, 6.45) is 3.20. The van der Waals surface area contributed by atoms with Crippen molar-refractivity contribution in [2.75, 3.05) is 19.6 Å². The molecule has 1 amide bonds. The van der Waals surface area contributed by atoms with E-state index in [0.717, 1.165) is 31.1 Å². The van der Waals surface area contributed by atoms with Crippen LogP contribution in [-0.4, -0.2) is 36.5 Å². The van der Waals surface area contributed by atoms with Crippen LogP contribution >= 0.6 is 12.4 Å². The average molecular weight is 295 g/mol. The largest absolute Gasteiger partial charge is 0.337 e. The third-order valence-electron chi connectivity index (χ3n) is 4.21. The van der Waals surface area contributed by atoms with Gasteiger partial charge in [-0.15, -0.1) is 12.4 Å². The van der Waals surface area contributed by atoms with E-state index in [1.54, 1.807) is 0 Å². The first kappa shape index (κ1) is 15.3. The van der Waals surface area contributed by atoms with Gasteiger partial charge in [0.05, 0.1) is 6.42 Å². The molecule has 0 radical (unpaired) electrons. The number of piperazine rings is 1. The molecule has 3 rings (SSSR count). The second kappa shape index (κ2) is 6.59. The van der Waals surface area contributed by atoms with Crippen LogP contribution < -0.4 is 5.32 Å². The number of hydrogen-bond acceptors (Lipinski definition) is 2. The topological polar surface area (TPSA) is 32.3 Å². The van der Waals surface area contributed by atoms with Crippen molar-refractivity contribution in [1.82, 2.24) is 10.2 Å². The van der Waals surface area contributed by atoms with Crippen LogP contribution in [0.1, 0.15) is 36.8 Å². The Morgan fingerprint density at radius 2 is 2.00 bits per heavy atom. The lowest BCUT2D eigenvalue weighted by molar-refractivity contribution is -0.133. The molecule has 1 atom stereocenters. The van der Waals surface area contributed by atoms with Gasteiger partial charge in [0.2, 0.25) is 5.91 Å². The summed E-state index contributed by atoms with van der Waals surface area (Å²) in [6, 6.07) is 8.95. The van der Waals surface area contributed by atoms with Gasteiger partial charge in [0.25, 0.3) is 0 Å². The Labute approximate surface area is 127 Å². The molecule has 1 saturated carbocycles. The lowest BCUT2D eigenvalue weighted by atomic mass is 10.0. The van der Waals surface area contributed by atoms with Crippen LogP contribution in [0.4, 0.5) is 0 Å². The standard InChI is InChI=1S/C16H22N2O.ClH/c1-12-11-17-8-9-18(12)16(19)10-13-2-4-14(5-3-13)15-6-7-15;/h2-5,12,15,17H,6-11H2,1H3;1H/t12-;/m0./s1. The third kappa shape index (κ3) is 3.53. The molecule has 1 aromatic carbocycles. The second-order valence-corrected chi connectivity index (χ2v) is 5.83. The summed E-state index contributed by atoms with van der Waals surface area (Å²) in [5, 5.41) is 3.32. The van der Waals surface area contributed by atoms with Crippen molar-refractivity contribution in [2.24, 2.45) is 0 Å². The molecule has 1 aliphatic heterocycles. The van der Waals surface area contributed by atoms with Crippen LogP contribution in [-0.2, 0) is 11.2 Å². The average Bonchev–Trinajstić information content (AvgIpc) is 3.24. The first-order chi connectivity index (χ1) is 9.24. The highest BCUT2D eigenvalue weighted by molar-refractivity contribution is 5.85. The summed E-state index contributed by atoms with van der Waals surface area (Å²) in [6.45, 7) is 4.77. The quantitative estimate of drug-likeness (QED) is 0.928. The Kier molecular flexibility index (Phi) is 5.06. The van der Waals surface area contributed by atoms with Gasteiger partial charge in [0.1, 0.15) is 0 Å². The zero-order valence-electron chi connectivity index (χ0n) is 12.0. The van der Waals surface area contributed by atoms with E-state index in [0.29, 0.717) is 12.5 Å². The zero-order valence-corrected chi connectivity index (χ0v) is 12.8. The summed E-state index contributed by atoms with van der Waals surface area (Å²) in [5.74, 6) is 1.05. The highest BCUT2D eigenvalue weighted by Crippen LogP contribution is 2.39. The Morgan fingerprint density at radius 1 is 1.30 bits per heavy atom. The fraction of sp³-hybridized carbons (Fsp3) is 0.562. The van der Waals surface area contributed by atoms with Crippen LogP contribution in [0.3, 0.4) is 0 Å². The molecule has 1 N–H and O–H groups in total. The van der Waals surface area contributed by atoms with Gasteiger partial charge in [-0.1, -0.05) is 24.3 Å². The van der Waals surface area contributed by atoms with Crippen molar-refractivity contribution in [1.29, 1.82) is 0 Å². The van der Waals surface area contributed by atoms with E-state index >= 15 is 0 Å². The third-order valence-corrected chi connectivity index (χ3v) is 4.21.